The molecule has 0 saturated carbocycles. The van der Waals surface area contributed by atoms with E-state index in [1.807, 2.05) is 0 Å². The summed E-state index contributed by atoms with van der Waals surface area (Å²) in [6.07, 6.45) is 0. The van der Waals surface area contributed by atoms with Gasteiger partial charge in [0.1, 0.15) is 0 Å². The Morgan fingerprint density at radius 1 is 0.375 bits per heavy atom. The molecule has 0 fully saturated rings. The third kappa shape index (κ3) is 87.0. The maximum Gasteiger partial charge on any atom is 0 e. The van der Waals surface area contributed by atoms with E-state index in [9.17, 15) is 0 Å². The first-order valence-electron chi connectivity index (χ1n) is 0. The van der Waals surface area contributed by atoms with Crippen LogP contribution in [0.5, 0.6) is 0 Å². The summed E-state index contributed by atoms with van der Waals surface area (Å²) in [7, 11) is 0. The van der Waals surface area contributed by atoms with Crippen molar-refractivity contribution in [3.63, 3.8) is 0 Å². The Bertz CT molecular complexity index is 12.5. The Hall–Kier alpha value is 2.22. The van der Waals surface area contributed by atoms with Gasteiger partial charge in [-0.3, -0.25) is 0 Å². The normalized spacial score (nSPS) is 0. The van der Waals surface area contributed by atoms with E-state index in [1.165, 1.54) is 0 Å². The number of rotatable bonds is 0. The summed E-state index contributed by atoms with van der Waals surface area (Å²) in [5.74, 6) is 0. The molecule has 0 aliphatic rings. The summed E-state index contributed by atoms with van der Waals surface area (Å²) in [5, 5.41) is 0. The zero-order valence-electron chi connectivity index (χ0n) is 2.39. The first kappa shape index (κ1) is 176. The molecule has 8 heavy (non-hydrogen) atoms. The largest absolute Gasteiger partial charge is 0.197 e. The third-order valence-electron chi connectivity index (χ3n) is 0. The molecular weight excluding hydrogens is 234 g/mol. The van der Waals surface area contributed by atoms with Gasteiger partial charge in [-0.25, -0.2) is 0 Å². The molecule has 5 heteroatoms. The third-order valence-corrected chi connectivity index (χ3v) is 0. The van der Waals surface area contributed by atoms with E-state index in [0.29, 0.717) is 0 Å². The van der Waals surface area contributed by atoms with E-state index in [2.05, 4.69) is 0 Å². The van der Waals surface area contributed by atoms with Gasteiger partial charge in [0.05, 0.1) is 0 Å². The van der Waals surface area contributed by atoms with Crippen LogP contribution in [0.25, 0.3) is 0 Å². The molecule has 0 spiro atoms. The van der Waals surface area contributed by atoms with Gasteiger partial charge in [0, 0.05) is 37.1 Å². The SMILES string of the molecule is C.C.C.S.S.S.[V].[V]. The summed E-state index contributed by atoms with van der Waals surface area (Å²) in [5.41, 5.74) is 0. The van der Waals surface area contributed by atoms with Crippen LogP contribution in [0, 0.1) is 0 Å². The van der Waals surface area contributed by atoms with Gasteiger partial charge in [-0.1, -0.05) is 22.3 Å². The second kappa shape index (κ2) is 126. The van der Waals surface area contributed by atoms with Crippen molar-refractivity contribution in [1.82, 2.24) is 0 Å². The first-order chi connectivity index (χ1) is 0. The second-order valence-electron chi connectivity index (χ2n) is 0. The van der Waals surface area contributed by atoms with Crippen molar-refractivity contribution >= 4 is 40.5 Å². The zero-order valence-corrected chi connectivity index (χ0v) is 8.19. The van der Waals surface area contributed by atoms with Crippen molar-refractivity contribution in [2.24, 2.45) is 0 Å². The molecule has 0 saturated heterocycles. The molecule has 0 rings (SSSR count). The molecule has 2 radical (unpaired) electrons. The van der Waals surface area contributed by atoms with Crippen LogP contribution in [-0.2, 0) is 37.1 Å². The van der Waals surface area contributed by atoms with E-state index < -0.39 is 0 Å². The van der Waals surface area contributed by atoms with Gasteiger partial charge < -0.3 is 0 Å². The molecule has 0 N–H and O–H groups in total. The molecule has 0 aromatic carbocycles. The van der Waals surface area contributed by atoms with Gasteiger partial charge in [-0.15, -0.1) is 0 Å². The molecule has 0 nitrogen and oxygen atoms in total. The topological polar surface area (TPSA) is 0 Å². The second-order valence-corrected chi connectivity index (χ2v) is 0. The fourth-order valence-electron chi connectivity index (χ4n) is 0. The van der Waals surface area contributed by atoms with Crippen LogP contribution in [-0.4, -0.2) is 0 Å². The average Bonchev–Trinajstić information content (AvgIpc) is 0. The Morgan fingerprint density at radius 3 is 0.375 bits per heavy atom. The average molecular weight is 252 g/mol. The Balaban J connectivity index is 0. The zero-order chi connectivity index (χ0) is 0. The summed E-state index contributed by atoms with van der Waals surface area (Å²) in [4.78, 5) is 0. The minimum Gasteiger partial charge on any atom is -0.197 e. The van der Waals surface area contributed by atoms with Crippen molar-refractivity contribution in [2.45, 2.75) is 22.3 Å². The maximum atomic E-state index is 0. The fourth-order valence-corrected chi connectivity index (χ4v) is 0. The molecule has 0 heterocycles. The van der Waals surface area contributed by atoms with Crippen LogP contribution in [0.1, 0.15) is 22.3 Å². The van der Waals surface area contributed by atoms with E-state index >= 15 is 0 Å². The van der Waals surface area contributed by atoms with Crippen LogP contribution in [0.15, 0.2) is 0 Å². The summed E-state index contributed by atoms with van der Waals surface area (Å²) < 4.78 is 0. The van der Waals surface area contributed by atoms with E-state index in [0.717, 1.165) is 0 Å². The molecule has 58 valence electrons. The molecule has 0 atom stereocenters. The number of hydrogen-bond donors (Lipinski definition) is 0. The van der Waals surface area contributed by atoms with Crippen LogP contribution in [0.4, 0.5) is 0 Å². The van der Waals surface area contributed by atoms with Crippen molar-refractivity contribution < 1.29 is 37.1 Å². The minimum atomic E-state index is 0. The summed E-state index contributed by atoms with van der Waals surface area (Å²) >= 11 is 0. The molecule has 0 bridgehead atoms. The van der Waals surface area contributed by atoms with Crippen molar-refractivity contribution in [3.8, 4) is 0 Å². The maximum absolute atomic E-state index is 0. The Morgan fingerprint density at radius 2 is 0.375 bits per heavy atom. The van der Waals surface area contributed by atoms with E-state index in [-0.39, 0.29) is 99.9 Å². The molecule has 0 aromatic rings. The van der Waals surface area contributed by atoms with Crippen LogP contribution >= 0.6 is 40.5 Å². The molecule has 0 unspecified atom stereocenters. The Labute approximate surface area is 99.1 Å². The first-order valence-corrected chi connectivity index (χ1v) is 0. The van der Waals surface area contributed by atoms with Gasteiger partial charge >= 0.3 is 0 Å². The predicted molar refractivity (Wildman–Crippen MR) is 51.3 cm³/mol. The standard InChI is InChI=1S/3CH4.3H2S.2V/h3*1H4;3*1H2;;. The molecule has 0 amide bonds. The van der Waals surface area contributed by atoms with E-state index in [1.54, 1.807) is 0 Å². The van der Waals surface area contributed by atoms with Crippen molar-refractivity contribution in [3.05, 3.63) is 0 Å². The van der Waals surface area contributed by atoms with Gasteiger partial charge in [0.2, 0.25) is 0 Å². The summed E-state index contributed by atoms with van der Waals surface area (Å²) in [6, 6.07) is 0. The molecule has 0 aliphatic carbocycles. The van der Waals surface area contributed by atoms with Gasteiger partial charge in [0.25, 0.3) is 0 Å². The minimum absolute atomic E-state index is 0. The van der Waals surface area contributed by atoms with Gasteiger partial charge in [0.15, 0.2) is 0 Å². The molecule has 0 aliphatic heterocycles. The smallest absolute Gasteiger partial charge is 0 e. The fraction of sp³-hybridized carbons (Fsp3) is 1.00. The van der Waals surface area contributed by atoms with E-state index in [4.69, 9.17) is 0 Å². The van der Waals surface area contributed by atoms with Crippen LogP contribution in [0.3, 0.4) is 0 Å². The Kier molecular flexibility index (Phi) is 2790. The molecular formula is C3H18S3V2. The monoisotopic (exact) mass is 252 g/mol. The van der Waals surface area contributed by atoms with Crippen LogP contribution < -0.4 is 0 Å². The summed E-state index contributed by atoms with van der Waals surface area (Å²) in [6.45, 7) is 0. The predicted octanol–water partition coefficient (Wildman–Crippen LogP) is 2.24. The van der Waals surface area contributed by atoms with Crippen molar-refractivity contribution in [2.75, 3.05) is 0 Å². The van der Waals surface area contributed by atoms with Crippen LogP contribution in [0.2, 0.25) is 0 Å². The van der Waals surface area contributed by atoms with Crippen molar-refractivity contribution in [1.29, 1.82) is 0 Å². The van der Waals surface area contributed by atoms with Gasteiger partial charge in [-0.05, 0) is 0 Å². The quantitative estimate of drug-likeness (QED) is 0.620. The van der Waals surface area contributed by atoms with Gasteiger partial charge in [-0.2, -0.15) is 40.5 Å². The molecule has 0 aromatic heterocycles. The number of hydrogen-bond acceptors (Lipinski definition) is 0.